The second-order valence-electron chi connectivity index (χ2n) is 6.56. The van der Waals surface area contributed by atoms with E-state index in [1.165, 1.54) is 16.7 Å². The maximum Gasteiger partial charge on any atom is 0.161 e. The monoisotopic (exact) mass is 325 g/mol. The number of hydrogen-bond donors (Lipinski definition) is 1. The Kier molecular flexibility index (Phi) is 4.81. The quantitative estimate of drug-likeness (QED) is 0.878. The Morgan fingerprint density at radius 1 is 1.00 bits per heavy atom. The second kappa shape index (κ2) is 6.86. The summed E-state index contributed by atoms with van der Waals surface area (Å²) in [5.74, 6) is 1.60. The van der Waals surface area contributed by atoms with E-state index in [-0.39, 0.29) is 11.6 Å². The maximum absolute atomic E-state index is 5.54. The summed E-state index contributed by atoms with van der Waals surface area (Å²) in [7, 11) is 3.40. The Morgan fingerprint density at radius 2 is 1.62 bits per heavy atom. The first kappa shape index (κ1) is 16.8. The molecule has 24 heavy (non-hydrogen) atoms. The number of methoxy groups -OCH3 is 2. The van der Waals surface area contributed by atoms with Gasteiger partial charge in [-0.05, 0) is 48.1 Å². The van der Waals surface area contributed by atoms with E-state index in [2.05, 4.69) is 61.6 Å². The van der Waals surface area contributed by atoms with Crippen LogP contribution in [0, 0.1) is 0 Å². The van der Waals surface area contributed by atoms with E-state index in [1.807, 2.05) is 0 Å². The topological polar surface area (TPSA) is 30.5 Å². The molecule has 0 amide bonds. The molecule has 1 heterocycles. The van der Waals surface area contributed by atoms with Crippen LogP contribution >= 0.6 is 0 Å². The van der Waals surface area contributed by atoms with E-state index in [0.29, 0.717) is 0 Å². The fourth-order valence-corrected chi connectivity index (χ4v) is 3.77. The smallest absolute Gasteiger partial charge is 0.161 e. The van der Waals surface area contributed by atoms with Gasteiger partial charge in [0.25, 0.3) is 0 Å². The minimum absolute atomic E-state index is 0.118. The van der Waals surface area contributed by atoms with Gasteiger partial charge in [0.15, 0.2) is 11.5 Å². The van der Waals surface area contributed by atoms with Crippen molar-refractivity contribution in [3.05, 3.63) is 59.2 Å². The Labute approximate surface area is 145 Å². The summed E-state index contributed by atoms with van der Waals surface area (Å²) in [6.07, 6.45) is 3.21. The summed E-state index contributed by atoms with van der Waals surface area (Å²) in [5, 5.41) is 3.93. The van der Waals surface area contributed by atoms with E-state index in [4.69, 9.17) is 9.47 Å². The summed E-state index contributed by atoms with van der Waals surface area (Å²) in [4.78, 5) is 0. The van der Waals surface area contributed by atoms with E-state index < -0.39 is 0 Å². The third-order valence-electron chi connectivity index (χ3n) is 5.42. The van der Waals surface area contributed by atoms with Crippen molar-refractivity contribution in [3.8, 4) is 11.5 Å². The molecule has 0 radical (unpaired) electrons. The zero-order valence-corrected chi connectivity index (χ0v) is 15.1. The van der Waals surface area contributed by atoms with Gasteiger partial charge in [-0.2, -0.15) is 0 Å². The number of nitrogens with one attached hydrogen (secondary N) is 1. The van der Waals surface area contributed by atoms with Gasteiger partial charge in [0.05, 0.1) is 20.3 Å². The van der Waals surface area contributed by atoms with Gasteiger partial charge in [-0.1, -0.05) is 44.2 Å². The lowest BCUT2D eigenvalue weighted by Crippen LogP contribution is -2.51. The van der Waals surface area contributed by atoms with E-state index in [1.54, 1.807) is 14.2 Å². The second-order valence-corrected chi connectivity index (χ2v) is 6.56. The number of rotatable bonds is 5. The Morgan fingerprint density at radius 3 is 2.21 bits per heavy atom. The van der Waals surface area contributed by atoms with Crippen LogP contribution in [0.3, 0.4) is 0 Å². The molecule has 3 rings (SSSR count). The molecule has 1 aliphatic rings. The highest BCUT2D eigenvalue weighted by atomic mass is 16.5. The minimum atomic E-state index is 0.118. The first-order valence-corrected chi connectivity index (χ1v) is 8.73. The third kappa shape index (κ3) is 2.89. The predicted octanol–water partition coefficient (Wildman–Crippen LogP) is 4.50. The average Bonchev–Trinajstić information content (AvgIpc) is 2.66. The van der Waals surface area contributed by atoms with Gasteiger partial charge in [-0.25, -0.2) is 0 Å². The summed E-state index contributed by atoms with van der Waals surface area (Å²) in [5.41, 5.74) is 4.05. The Bertz CT molecular complexity index is 692. The van der Waals surface area contributed by atoms with Crippen molar-refractivity contribution in [1.82, 2.24) is 5.32 Å². The van der Waals surface area contributed by atoms with E-state index in [9.17, 15) is 0 Å². The van der Waals surface area contributed by atoms with Gasteiger partial charge < -0.3 is 14.8 Å². The molecule has 0 bridgehead atoms. The van der Waals surface area contributed by atoms with Gasteiger partial charge in [-0.15, -0.1) is 0 Å². The molecule has 2 aromatic rings. The zero-order chi connectivity index (χ0) is 17.2. The number of fused-ring (bicyclic) bond motifs is 1. The van der Waals surface area contributed by atoms with E-state index in [0.717, 1.165) is 30.8 Å². The van der Waals surface area contributed by atoms with Crippen LogP contribution in [0.5, 0.6) is 11.5 Å². The molecular formula is C21H27NO2. The van der Waals surface area contributed by atoms with Crippen LogP contribution in [-0.2, 0) is 6.42 Å². The van der Waals surface area contributed by atoms with Crippen molar-refractivity contribution in [2.75, 3.05) is 14.2 Å². The molecule has 1 aliphatic heterocycles. The van der Waals surface area contributed by atoms with Crippen LogP contribution in [0.15, 0.2) is 42.5 Å². The lowest BCUT2D eigenvalue weighted by Gasteiger charge is -2.43. The molecule has 0 aromatic heterocycles. The largest absolute Gasteiger partial charge is 0.493 e. The fourth-order valence-electron chi connectivity index (χ4n) is 3.77. The lowest BCUT2D eigenvalue weighted by atomic mass is 9.76. The molecule has 0 fully saturated rings. The summed E-state index contributed by atoms with van der Waals surface area (Å²) in [6, 6.07) is 15.1. The molecule has 0 saturated heterocycles. The van der Waals surface area contributed by atoms with Crippen LogP contribution in [0.25, 0.3) is 0 Å². The average molecular weight is 325 g/mol. The van der Waals surface area contributed by atoms with Crippen LogP contribution in [0.1, 0.15) is 49.4 Å². The van der Waals surface area contributed by atoms with Crippen molar-refractivity contribution >= 4 is 0 Å². The molecule has 1 N–H and O–H groups in total. The first-order valence-electron chi connectivity index (χ1n) is 8.73. The molecule has 0 unspecified atom stereocenters. The van der Waals surface area contributed by atoms with Gasteiger partial charge in [0, 0.05) is 5.54 Å². The zero-order valence-electron chi connectivity index (χ0n) is 15.1. The van der Waals surface area contributed by atoms with Crippen molar-refractivity contribution < 1.29 is 9.47 Å². The van der Waals surface area contributed by atoms with Gasteiger partial charge >= 0.3 is 0 Å². The number of ether oxygens (including phenoxy) is 2. The molecular weight excluding hydrogens is 298 g/mol. The van der Waals surface area contributed by atoms with Crippen molar-refractivity contribution in [2.24, 2.45) is 0 Å². The fraction of sp³-hybridized carbons (Fsp3) is 0.429. The van der Waals surface area contributed by atoms with Crippen LogP contribution in [-0.4, -0.2) is 19.8 Å². The standard InChI is InChI=1S/C21H27NO2/c1-5-21(6-2)14-16-12-18(23-3)19(24-4)13-17(16)20(22-21)15-10-8-7-9-11-15/h7-13,20,22H,5-6,14H2,1-4H3/t20-/m1/s1. The van der Waals surface area contributed by atoms with Gasteiger partial charge in [0.2, 0.25) is 0 Å². The molecule has 2 aromatic carbocycles. The molecule has 3 nitrogen and oxygen atoms in total. The first-order chi connectivity index (χ1) is 11.7. The lowest BCUT2D eigenvalue weighted by molar-refractivity contribution is 0.257. The molecule has 3 heteroatoms. The van der Waals surface area contributed by atoms with Crippen LogP contribution in [0.4, 0.5) is 0 Å². The molecule has 0 spiro atoms. The molecule has 0 saturated carbocycles. The van der Waals surface area contributed by atoms with Gasteiger partial charge in [-0.3, -0.25) is 0 Å². The Hall–Kier alpha value is -2.00. The highest BCUT2D eigenvalue weighted by Crippen LogP contribution is 2.42. The van der Waals surface area contributed by atoms with Crippen molar-refractivity contribution in [2.45, 2.75) is 44.7 Å². The van der Waals surface area contributed by atoms with Crippen LogP contribution < -0.4 is 14.8 Å². The highest BCUT2D eigenvalue weighted by molar-refractivity contribution is 5.52. The van der Waals surface area contributed by atoms with E-state index >= 15 is 0 Å². The Balaban J connectivity index is 2.16. The summed E-state index contributed by atoms with van der Waals surface area (Å²) >= 11 is 0. The number of hydrogen-bond acceptors (Lipinski definition) is 3. The van der Waals surface area contributed by atoms with Crippen molar-refractivity contribution in [1.29, 1.82) is 0 Å². The summed E-state index contributed by atoms with van der Waals surface area (Å²) in [6.45, 7) is 4.54. The molecule has 128 valence electrons. The molecule has 1 atom stereocenters. The van der Waals surface area contributed by atoms with Crippen LogP contribution in [0.2, 0.25) is 0 Å². The van der Waals surface area contributed by atoms with Crippen molar-refractivity contribution in [3.63, 3.8) is 0 Å². The number of benzene rings is 2. The minimum Gasteiger partial charge on any atom is -0.493 e. The van der Waals surface area contributed by atoms with Gasteiger partial charge in [0.1, 0.15) is 0 Å². The summed E-state index contributed by atoms with van der Waals surface area (Å²) < 4.78 is 11.1. The SMILES string of the molecule is CCC1(CC)Cc2cc(OC)c(OC)cc2[C@@H](c2ccccc2)N1. The molecule has 0 aliphatic carbocycles. The maximum atomic E-state index is 5.54. The third-order valence-corrected chi connectivity index (χ3v) is 5.42. The predicted molar refractivity (Wildman–Crippen MR) is 98.0 cm³/mol. The highest BCUT2D eigenvalue weighted by Gasteiger charge is 2.37. The normalized spacial score (nSPS) is 18.8.